The molecule has 0 heterocycles. The Morgan fingerprint density at radius 2 is 1.80 bits per heavy atom. The summed E-state index contributed by atoms with van der Waals surface area (Å²) in [5.74, 6) is 1.55. The largest absolute Gasteiger partial charge is 0.319 e. The van der Waals surface area contributed by atoms with Gasteiger partial charge in [-0.1, -0.05) is 44.2 Å². The lowest BCUT2D eigenvalue weighted by Gasteiger charge is -2.20. The molecule has 1 heteroatoms. The van der Waals surface area contributed by atoms with Crippen molar-refractivity contribution >= 4 is 0 Å². The summed E-state index contributed by atoms with van der Waals surface area (Å²) in [6.07, 6.45) is 2.48. The van der Waals surface area contributed by atoms with Crippen LogP contribution in [0.3, 0.4) is 0 Å². The average Bonchev–Trinajstić information content (AvgIpc) is 2.25. The van der Waals surface area contributed by atoms with Crippen LogP contribution in [0.1, 0.15) is 25.8 Å². The van der Waals surface area contributed by atoms with E-state index in [9.17, 15) is 0 Å². The Hall–Kier alpha value is -0.820. The lowest BCUT2D eigenvalue weighted by Crippen LogP contribution is -2.23. The molecular formula is C14H23N. The van der Waals surface area contributed by atoms with E-state index in [2.05, 4.69) is 49.5 Å². The van der Waals surface area contributed by atoms with Gasteiger partial charge in [0, 0.05) is 0 Å². The van der Waals surface area contributed by atoms with Crippen LogP contribution in [0.5, 0.6) is 0 Å². The molecule has 0 aliphatic heterocycles. The summed E-state index contributed by atoms with van der Waals surface area (Å²) in [5, 5.41) is 3.29. The minimum Gasteiger partial charge on any atom is -0.319 e. The predicted molar refractivity (Wildman–Crippen MR) is 67.0 cm³/mol. The van der Waals surface area contributed by atoms with E-state index in [1.807, 2.05) is 7.05 Å². The van der Waals surface area contributed by atoms with Gasteiger partial charge in [0.15, 0.2) is 0 Å². The molecule has 0 spiro atoms. The van der Waals surface area contributed by atoms with Crippen molar-refractivity contribution in [2.45, 2.75) is 26.7 Å². The summed E-state index contributed by atoms with van der Waals surface area (Å²) in [5.41, 5.74) is 1.46. The van der Waals surface area contributed by atoms with E-state index < -0.39 is 0 Å². The molecule has 1 unspecified atom stereocenters. The Labute approximate surface area is 93.9 Å². The van der Waals surface area contributed by atoms with Crippen LogP contribution in [0.25, 0.3) is 0 Å². The van der Waals surface area contributed by atoms with Crippen molar-refractivity contribution in [3.8, 4) is 0 Å². The van der Waals surface area contributed by atoms with E-state index >= 15 is 0 Å². The molecule has 1 N–H and O–H groups in total. The fourth-order valence-corrected chi connectivity index (χ4v) is 1.93. The maximum Gasteiger partial charge on any atom is -0.00210 e. The Morgan fingerprint density at radius 3 is 2.33 bits per heavy atom. The highest BCUT2D eigenvalue weighted by molar-refractivity contribution is 5.14. The molecule has 1 atom stereocenters. The van der Waals surface area contributed by atoms with Gasteiger partial charge < -0.3 is 5.32 Å². The molecule has 1 nitrogen and oxygen atoms in total. The summed E-state index contributed by atoms with van der Waals surface area (Å²) in [6, 6.07) is 10.8. The molecule has 84 valence electrons. The molecule has 0 saturated carbocycles. The quantitative estimate of drug-likeness (QED) is 0.752. The van der Waals surface area contributed by atoms with Crippen LogP contribution in [0.2, 0.25) is 0 Å². The topological polar surface area (TPSA) is 12.0 Å². The van der Waals surface area contributed by atoms with Crippen molar-refractivity contribution in [1.82, 2.24) is 5.32 Å². The van der Waals surface area contributed by atoms with E-state index in [-0.39, 0.29) is 0 Å². The van der Waals surface area contributed by atoms with Crippen molar-refractivity contribution in [3.63, 3.8) is 0 Å². The van der Waals surface area contributed by atoms with E-state index in [1.165, 1.54) is 18.4 Å². The van der Waals surface area contributed by atoms with E-state index in [0.29, 0.717) is 0 Å². The summed E-state index contributed by atoms with van der Waals surface area (Å²) in [4.78, 5) is 0. The van der Waals surface area contributed by atoms with Gasteiger partial charge in [0.1, 0.15) is 0 Å². The third-order valence-electron chi connectivity index (χ3n) is 3.06. The number of hydrogen-bond donors (Lipinski definition) is 1. The minimum absolute atomic E-state index is 0.765. The fourth-order valence-electron chi connectivity index (χ4n) is 1.93. The molecule has 0 amide bonds. The van der Waals surface area contributed by atoms with Crippen LogP contribution >= 0.6 is 0 Å². The van der Waals surface area contributed by atoms with Gasteiger partial charge in [0.25, 0.3) is 0 Å². The lowest BCUT2D eigenvalue weighted by atomic mass is 9.89. The van der Waals surface area contributed by atoms with Crippen molar-refractivity contribution in [1.29, 1.82) is 0 Å². The first kappa shape index (κ1) is 12.3. The first-order valence-electron chi connectivity index (χ1n) is 5.92. The van der Waals surface area contributed by atoms with Crippen LogP contribution in [0, 0.1) is 11.8 Å². The number of hydrogen-bond acceptors (Lipinski definition) is 1. The number of nitrogens with one attached hydrogen (secondary N) is 1. The second-order valence-electron chi connectivity index (χ2n) is 4.59. The Bertz CT molecular complexity index is 253. The Balaban J connectivity index is 2.40. The molecule has 0 radical (unpaired) electrons. The van der Waals surface area contributed by atoms with E-state index in [1.54, 1.807) is 0 Å². The molecule has 0 bridgehead atoms. The summed E-state index contributed by atoms with van der Waals surface area (Å²) >= 11 is 0. The SMILES string of the molecule is CNCC(CCc1ccccc1)C(C)C. The predicted octanol–water partition coefficient (Wildman–Crippen LogP) is 3.11. The molecule has 0 aromatic heterocycles. The van der Waals surface area contributed by atoms with Gasteiger partial charge in [-0.25, -0.2) is 0 Å². The Kier molecular flexibility index (Phi) is 5.41. The molecule has 1 aromatic rings. The van der Waals surface area contributed by atoms with Crippen molar-refractivity contribution < 1.29 is 0 Å². The smallest absolute Gasteiger partial charge is 0.00210 e. The van der Waals surface area contributed by atoms with E-state index in [0.717, 1.165) is 18.4 Å². The number of aryl methyl sites for hydroxylation is 1. The van der Waals surface area contributed by atoms with Crippen LogP contribution in [0.15, 0.2) is 30.3 Å². The standard InChI is InChI=1S/C14H23N/c1-12(2)14(11-15-3)10-9-13-7-5-4-6-8-13/h4-8,12,14-15H,9-11H2,1-3H3. The van der Waals surface area contributed by atoms with Crippen molar-refractivity contribution in [3.05, 3.63) is 35.9 Å². The summed E-state index contributed by atoms with van der Waals surface area (Å²) in [7, 11) is 2.04. The van der Waals surface area contributed by atoms with Gasteiger partial charge in [-0.15, -0.1) is 0 Å². The molecule has 15 heavy (non-hydrogen) atoms. The highest BCUT2D eigenvalue weighted by atomic mass is 14.8. The fraction of sp³-hybridized carbons (Fsp3) is 0.571. The lowest BCUT2D eigenvalue weighted by molar-refractivity contribution is 0.350. The third kappa shape index (κ3) is 4.48. The highest BCUT2D eigenvalue weighted by Gasteiger charge is 2.11. The van der Waals surface area contributed by atoms with Gasteiger partial charge in [0.05, 0.1) is 0 Å². The molecule has 0 fully saturated rings. The molecule has 0 aliphatic rings. The van der Waals surface area contributed by atoms with Crippen molar-refractivity contribution in [2.24, 2.45) is 11.8 Å². The van der Waals surface area contributed by atoms with Crippen LogP contribution < -0.4 is 5.32 Å². The van der Waals surface area contributed by atoms with Crippen LogP contribution in [0.4, 0.5) is 0 Å². The van der Waals surface area contributed by atoms with Crippen LogP contribution in [-0.4, -0.2) is 13.6 Å². The average molecular weight is 205 g/mol. The first-order valence-corrected chi connectivity index (χ1v) is 5.92. The van der Waals surface area contributed by atoms with Crippen molar-refractivity contribution in [2.75, 3.05) is 13.6 Å². The number of benzene rings is 1. The van der Waals surface area contributed by atoms with Gasteiger partial charge in [0.2, 0.25) is 0 Å². The monoisotopic (exact) mass is 205 g/mol. The maximum atomic E-state index is 3.29. The number of rotatable bonds is 6. The minimum atomic E-state index is 0.765. The van der Waals surface area contributed by atoms with Gasteiger partial charge in [-0.05, 0) is 43.8 Å². The van der Waals surface area contributed by atoms with Gasteiger partial charge in [-0.3, -0.25) is 0 Å². The second-order valence-corrected chi connectivity index (χ2v) is 4.59. The third-order valence-corrected chi connectivity index (χ3v) is 3.06. The zero-order valence-electron chi connectivity index (χ0n) is 10.2. The molecule has 1 aromatic carbocycles. The summed E-state index contributed by atoms with van der Waals surface area (Å²) in [6.45, 7) is 5.75. The van der Waals surface area contributed by atoms with Crippen LogP contribution in [-0.2, 0) is 6.42 Å². The molecule has 0 aliphatic carbocycles. The maximum absolute atomic E-state index is 3.29. The summed E-state index contributed by atoms with van der Waals surface area (Å²) < 4.78 is 0. The van der Waals surface area contributed by atoms with E-state index in [4.69, 9.17) is 0 Å². The highest BCUT2D eigenvalue weighted by Crippen LogP contribution is 2.17. The first-order chi connectivity index (χ1) is 7.24. The van der Waals surface area contributed by atoms with Gasteiger partial charge >= 0.3 is 0 Å². The Morgan fingerprint density at radius 1 is 1.13 bits per heavy atom. The van der Waals surface area contributed by atoms with Gasteiger partial charge in [-0.2, -0.15) is 0 Å². The molecule has 1 rings (SSSR count). The normalized spacial score (nSPS) is 13.1. The zero-order chi connectivity index (χ0) is 11.1. The zero-order valence-corrected chi connectivity index (χ0v) is 10.2. The molecular weight excluding hydrogens is 182 g/mol. The molecule has 0 saturated heterocycles. The second kappa shape index (κ2) is 6.62.